The molecule has 0 atom stereocenters. The van der Waals surface area contributed by atoms with Gasteiger partial charge in [-0.3, -0.25) is 9.59 Å². The van der Waals surface area contributed by atoms with Crippen molar-refractivity contribution in [2.24, 2.45) is 0 Å². The molecule has 0 amide bonds. The molecule has 0 saturated carbocycles. The van der Waals surface area contributed by atoms with E-state index in [0.717, 1.165) is 0 Å². The first-order chi connectivity index (χ1) is 6.81. The van der Waals surface area contributed by atoms with Crippen LogP contribution >= 0.6 is 0 Å². The van der Waals surface area contributed by atoms with Crippen LogP contribution < -0.4 is 0 Å². The second-order valence-electron chi connectivity index (χ2n) is 2.77. The van der Waals surface area contributed by atoms with Crippen LogP contribution in [-0.4, -0.2) is 29.4 Å². The summed E-state index contributed by atoms with van der Waals surface area (Å²) in [5.74, 6) is -1.69. The Hall–Kier alpha value is -1.65. The summed E-state index contributed by atoms with van der Waals surface area (Å²) in [5, 5.41) is 7.86. The first kappa shape index (κ1) is 15.8. The Morgan fingerprint density at radius 1 is 1.27 bits per heavy atom. The fourth-order valence-corrected chi connectivity index (χ4v) is 0.467. The monoisotopic (exact) mass is 216 g/mol. The van der Waals surface area contributed by atoms with Gasteiger partial charge in [0.25, 0.3) is 0 Å². The number of ketones is 1. The first-order valence-electron chi connectivity index (χ1n) is 4.35. The highest BCUT2D eigenvalue weighted by atomic mass is 16.5. The van der Waals surface area contributed by atoms with Gasteiger partial charge < -0.3 is 9.84 Å². The minimum Gasteiger partial charge on any atom is -0.481 e. The SMILES string of the molecule is C=C(C)C(=O)OCC.CC(=O)CC(=O)O. The second kappa shape index (κ2) is 8.93. The second-order valence-corrected chi connectivity index (χ2v) is 2.77. The van der Waals surface area contributed by atoms with E-state index in [2.05, 4.69) is 11.3 Å². The van der Waals surface area contributed by atoms with Crippen molar-refractivity contribution < 1.29 is 24.2 Å². The van der Waals surface area contributed by atoms with Gasteiger partial charge in [-0.1, -0.05) is 6.58 Å². The molecule has 5 nitrogen and oxygen atoms in total. The number of Topliss-reactive ketones (excluding diaryl/α,β-unsaturated/α-hetero) is 1. The van der Waals surface area contributed by atoms with Crippen molar-refractivity contribution in [3.05, 3.63) is 12.2 Å². The lowest BCUT2D eigenvalue weighted by atomic mass is 10.3. The van der Waals surface area contributed by atoms with Gasteiger partial charge in [-0.05, 0) is 20.8 Å². The molecular weight excluding hydrogens is 200 g/mol. The molecule has 0 fully saturated rings. The molecule has 1 N–H and O–H groups in total. The molecule has 0 bridgehead atoms. The van der Waals surface area contributed by atoms with E-state index in [1.165, 1.54) is 6.92 Å². The number of carboxylic acid groups (broad SMARTS) is 1. The maximum atomic E-state index is 10.4. The van der Waals surface area contributed by atoms with Gasteiger partial charge in [-0.15, -0.1) is 0 Å². The van der Waals surface area contributed by atoms with E-state index in [1.807, 2.05) is 0 Å². The highest BCUT2D eigenvalue weighted by Crippen LogP contribution is 1.89. The molecule has 15 heavy (non-hydrogen) atoms. The van der Waals surface area contributed by atoms with Crippen LogP contribution in [0.1, 0.15) is 27.2 Å². The van der Waals surface area contributed by atoms with Crippen molar-refractivity contribution >= 4 is 17.7 Å². The molecule has 0 aromatic heterocycles. The topological polar surface area (TPSA) is 80.7 Å². The van der Waals surface area contributed by atoms with E-state index in [0.29, 0.717) is 12.2 Å². The van der Waals surface area contributed by atoms with Gasteiger partial charge in [0.15, 0.2) is 0 Å². The van der Waals surface area contributed by atoms with Crippen LogP contribution in [0.25, 0.3) is 0 Å². The zero-order chi connectivity index (χ0) is 12.4. The van der Waals surface area contributed by atoms with Gasteiger partial charge in [0, 0.05) is 5.57 Å². The molecule has 5 heteroatoms. The van der Waals surface area contributed by atoms with E-state index in [-0.39, 0.29) is 18.2 Å². The van der Waals surface area contributed by atoms with Gasteiger partial charge >= 0.3 is 11.9 Å². The minimum atomic E-state index is -1.06. The summed E-state index contributed by atoms with van der Waals surface area (Å²) in [4.78, 5) is 29.9. The Morgan fingerprint density at radius 3 is 1.80 bits per heavy atom. The Morgan fingerprint density at radius 2 is 1.73 bits per heavy atom. The number of carbonyl (C=O) groups excluding carboxylic acids is 2. The molecule has 0 unspecified atom stereocenters. The molecular formula is C10H16O5. The Kier molecular flexibility index (Phi) is 9.41. The maximum Gasteiger partial charge on any atom is 0.333 e. The molecule has 0 aromatic carbocycles. The summed E-state index contributed by atoms with van der Waals surface area (Å²) >= 11 is 0. The Labute approximate surface area is 88.7 Å². The molecule has 0 aliphatic rings. The lowest BCUT2D eigenvalue weighted by molar-refractivity contribution is -0.140. The smallest absolute Gasteiger partial charge is 0.333 e. The summed E-state index contributed by atoms with van der Waals surface area (Å²) in [6.45, 7) is 8.45. The standard InChI is InChI=1S/C6H10O2.C4H6O3/c1-4-8-6(7)5(2)3;1-3(5)2-4(6)7/h2,4H2,1,3H3;2H2,1H3,(H,6,7). The summed E-state index contributed by atoms with van der Waals surface area (Å²) in [6.07, 6.45) is -0.361. The van der Waals surface area contributed by atoms with Crippen molar-refractivity contribution in [2.75, 3.05) is 6.61 Å². The summed E-state index contributed by atoms with van der Waals surface area (Å²) < 4.78 is 4.56. The van der Waals surface area contributed by atoms with Crippen molar-refractivity contribution in [3.8, 4) is 0 Å². The van der Waals surface area contributed by atoms with Crippen LogP contribution in [0.15, 0.2) is 12.2 Å². The van der Waals surface area contributed by atoms with Crippen LogP contribution in [0.3, 0.4) is 0 Å². The van der Waals surface area contributed by atoms with Crippen LogP contribution in [0.5, 0.6) is 0 Å². The Bertz CT molecular complexity index is 243. The predicted octanol–water partition coefficient (Wildman–Crippen LogP) is 1.18. The van der Waals surface area contributed by atoms with Gasteiger partial charge in [-0.2, -0.15) is 0 Å². The molecule has 0 aliphatic carbocycles. The lowest BCUT2D eigenvalue weighted by Crippen LogP contribution is -2.03. The van der Waals surface area contributed by atoms with Crippen LogP contribution in [0, 0.1) is 0 Å². The molecule has 0 rings (SSSR count). The normalized spacial score (nSPS) is 8.20. The average Bonchev–Trinajstić information content (AvgIpc) is 2.02. The van der Waals surface area contributed by atoms with Gasteiger partial charge in [-0.25, -0.2) is 4.79 Å². The molecule has 0 radical (unpaired) electrons. The van der Waals surface area contributed by atoms with E-state index < -0.39 is 5.97 Å². The number of esters is 1. The quantitative estimate of drug-likeness (QED) is 0.433. The molecule has 0 aromatic rings. The summed E-state index contributed by atoms with van der Waals surface area (Å²) in [6, 6.07) is 0. The van der Waals surface area contributed by atoms with Crippen molar-refractivity contribution in [3.63, 3.8) is 0 Å². The third kappa shape index (κ3) is 15.1. The number of rotatable bonds is 4. The fourth-order valence-electron chi connectivity index (χ4n) is 0.467. The predicted molar refractivity (Wildman–Crippen MR) is 54.4 cm³/mol. The highest BCUT2D eigenvalue weighted by Gasteiger charge is 1.98. The van der Waals surface area contributed by atoms with Crippen LogP contribution in [0.2, 0.25) is 0 Å². The zero-order valence-corrected chi connectivity index (χ0v) is 9.20. The number of aliphatic carboxylic acids is 1. The van der Waals surface area contributed by atoms with Crippen molar-refractivity contribution in [2.45, 2.75) is 27.2 Å². The van der Waals surface area contributed by atoms with E-state index in [1.54, 1.807) is 13.8 Å². The van der Waals surface area contributed by atoms with E-state index in [9.17, 15) is 14.4 Å². The average molecular weight is 216 g/mol. The molecule has 0 heterocycles. The summed E-state index contributed by atoms with van der Waals surface area (Å²) in [5.41, 5.74) is 0.451. The minimum absolute atomic E-state index is 0.312. The third-order valence-electron chi connectivity index (χ3n) is 1.02. The fraction of sp³-hybridized carbons (Fsp3) is 0.500. The summed E-state index contributed by atoms with van der Waals surface area (Å²) in [7, 11) is 0. The molecule has 0 spiro atoms. The number of hydrogen-bond acceptors (Lipinski definition) is 4. The van der Waals surface area contributed by atoms with Crippen molar-refractivity contribution in [1.82, 2.24) is 0 Å². The number of carboxylic acids is 1. The van der Waals surface area contributed by atoms with Gasteiger partial charge in [0.1, 0.15) is 12.2 Å². The number of ether oxygens (including phenoxy) is 1. The number of carbonyl (C=O) groups is 3. The molecule has 86 valence electrons. The lowest BCUT2D eigenvalue weighted by Gasteiger charge is -1.96. The zero-order valence-electron chi connectivity index (χ0n) is 9.20. The highest BCUT2D eigenvalue weighted by molar-refractivity contribution is 5.93. The van der Waals surface area contributed by atoms with E-state index in [4.69, 9.17) is 5.11 Å². The number of hydrogen-bond donors (Lipinski definition) is 1. The third-order valence-corrected chi connectivity index (χ3v) is 1.02. The van der Waals surface area contributed by atoms with Gasteiger partial charge in [0.05, 0.1) is 6.61 Å². The van der Waals surface area contributed by atoms with Crippen LogP contribution in [0.4, 0.5) is 0 Å². The molecule has 0 aliphatic heterocycles. The van der Waals surface area contributed by atoms with Crippen molar-refractivity contribution in [1.29, 1.82) is 0 Å². The maximum absolute atomic E-state index is 10.4. The van der Waals surface area contributed by atoms with E-state index >= 15 is 0 Å². The molecule has 0 saturated heterocycles. The van der Waals surface area contributed by atoms with Crippen LogP contribution in [-0.2, 0) is 19.1 Å². The Balaban J connectivity index is 0. The first-order valence-corrected chi connectivity index (χ1v) is 4.35. The largest absolute Gasteiger partial charge is 0.481 e. The van der Waals surface area contributed by atoms with Gasteiger partial charge in [0.2, 0.25) is 0 Å².